The van der Waals surface area contributed by atoms with Gasteiger partial charge in [-0.2, -0.15) is 4.31 Å². The van der Waals surface area contributed by atoms with Crippen molar-refractivity contribution in [3.05, 3.63) is 30.3 Å². The Morgan fingerprint density at radius 1 is 1.16 bits per heavy atom. The Bertz CT molecular complexity index is 528. The Morgan fingerprint density at radius 3 is 2.42 bits per heavy atom. The molecule has 0 aliphatic carbocycles. The van der Waals surface area contributed by atoms with Crippen LogP contribution >= 0.6 is 11.8 Å². The predicted molar refractivity (Wildman–Crippen MR) is 75.6 cm³/mol. The van der Waals surface area contributed by atoms with Gasteiger partial charge in [0, 0.05) is 18.8 Å². The number of thioether (sulfide) groups is 1. The van der Waals surface area contributed by atoms with Gasteiger partial charge in [-0.25, -0.2) is 8.42 Å². The van der Waals surface area contributed by atoms with E-state index in [0.717, 1.165) is 25.2 Å². The van der Waals surface area contributed by atoms with E-state index >= 15 is 0 Å². The van der Waals surface area contributed by atoms with Crippen molar-refractivity contribution in [2.24, 2.45) is 0 Å². The Hall–Kier alpha value is -0.560. The van der Waals surface area contributed by atoms with Crippen molar-refractivity contribution in [1.82, 2.24) is 4.31 Å². The molecule has 0 aromatic heterocycles. The number of nitrogens with zero attached hydrogens (tertiary/aromatic N) is 1. The van der Waals surface area contributed by atoms with E-state index in [0.29, 0.717) is 18.0 Å². The molecule has 19 heavy (non-hydrogen) atoms. The van der Waals surface area contributed by atoms with Crippen LogP contribution in [0.15, 0.2) is 35.2 Å². The average molecular weight is 299 g/mol. The normalized spacial score (nSPS) is 23.8. The highest BCUT2D eigenvalue weighted by Gasteiger charge is 2.42. The zero-order chi connectivity index (χ0) is 13.3. The summed E-state index contributed by atoms with van der Waals surface area (Å²) < 4.78 is 32.3. The van der Waals surface area contributed by atoms with Crippen molar-refractivity contribution in [2.45, 2.75) is 22.7 Å². The van der Waals surface area contributed by atoms with E-state index in [-0.39, 0.29) is 4.93 Å². The molecular formula is C13H17NO3S2. The number of piperidine rings is 1. The molecule has 2 heterocycles. The lowest BCUT2D eigenvalue weighted by Gasteiger charge is -2.37. The molecule has 104 valence electrons. The van der Waals surface area contributed by atoms with E-state index < -0.39 is 10.0 Å². The van der Waals surface area contributed by atoms with Crippen molar-refractivity contribution in [1.29, 1.82) is 0 Å². The smallest absolute Gasteiger partial charge is 0.243 e. The molecule has 4 nitrogen and oxygen atoms in total. The van der Waals surface area contributed by atoms with Crippen LogP contribution in [-0.4, -0.2) is 43.1 Å². The van der Waals surface area contributed by atoms with E-state index in [2.05, 4.69) is 0 Å². The summed E-state index contributed by atoms with van der Waals surface area (Å²) in [6.07, 6.45) is 1.56. The fourth-order valence-corrected chi connectivity index (χ4v) is 5.23. The van der Waals surface area contributed by atoms with Crippen LogP contribution in [0.5, 0.6) is 0 Å². The van der Waals surface area contributed by atoms with Gasteiger partial charge in [-0.3, -0.25) is 0 Å². The highest BCUT2D eigenvalue weighted by atomic mass is 32.2. The van der Waals surface area contributed by atoms with Gasteiger partial charge in [-0.15, -0.1) is 11.8 Å². The third kappa shape index (κ3) is 2.54. The highest BCUT2D eigenvalue weighted by molar-refractivity contribution is 8.00. The number of ether oxygens (including phenoxy) is 1. The van der Waals surface area contributed by atoms with Gasteiger partial charge in [0.25, 0.3) is 0 Å². The zero-order valence-electron chi connectivity index (χ0n) is 10.6. The van der Waals surface area contributed by atoms with Gasteiger partial charge < -0.3 is 4.74 Å². The van der Waals surface area contributed by atoms with E-state index in [1.54, 1.807) is 28.6 Å². The number of hydrogen-bond donors (Lipinski definition) is 0. The first-order valence-electron chi connectivity index (χ1n) is 6.46. The summed E-state index contributed by atoms with van der Waals surface area (Å²) in [5, 5.41) is 0. The van der Waals surface area contributed by atoms with E-state index in [1.807, 2.05) is 17.8 Å². The van der Waals surface area contributed by atoms with E-state index in [4.69, 9.17) is 4.74 Å². The summed E-state index contributed by atoms with van der Waals surface area (Å²) in [6.45, 7) is 1.88. The Morgan fingerprint density at radius 2 is 1.84 bits per heavy atom. The second-order valence-electron chi connectivity index (χ2n) is 4.82. The Balaban J connectivity index is 1.74. The summed E-state index contributed by atoms with van der Waals surface area (Å²) in [4.78, 5) is 0.258. The maximum atomic E-state index is 12.5. The summed E-state index contributed by atoms with van der Waals surface area (Å²) in [5.74, 6) is 1.02. The van der Waals surface area contributed by atoms with Crippen LogP contribution in [0.3, 0.4) is 0 Å². The van der Waals surface area contributed by atoms with Gasteiger partial charge in [-0.1, -0.05) is 18.2 Å². The van der Waals surface area contributed by atoms with Crippen LogP contribution < -0.4 is 0 Å². The maximum absolute atomic E-state index is 12.5. The summed E-state index contributed by atoms with van der Waals surface area (Å²) >= 11 is 1.83. The Labute approximate surface area is 118 Å². The topological polar surface area (TPSA) is 46.6 Å². The average Bonchev–Trinajstić information content (AvgIpc) is 2.89. The van der Waals surface area contributed by atoms with Crippen molar-refractivity contribution in [3.63, 3.8) is 0 Å². The third-order valence-corrected chi connectivity index (χ3v) is 7.01. The minimum atomic E-state index is -3.34. The minimum Gasteiger partial charge on any atom is -0.363 e. The Kier molecular flexibility index (Phi) is 3.59. The molecule has 0 bridgehead atoms. The molecular weight excluding hydrogens is 282 g/mol. The van der Waals surface area contributed by atoms with Crippen molar-refractivity contribution in [3.8, 4) is 0 Å². The molecule has 0 radical (unpaired) electrons. The molecule has 0 N–H and O–H groups in total. The molecule has 0 unspecified atom stereocenters. The quantitative estimate of drug-likeness (QED) is 0.837. The van der Waals surface area contributed by atoms with Gasteiger partial charge >= 0.3 is 0 Å². The molecule has 0 amide bonds. The van der Waals surface area contributed by atoms with Gasteiger partial charge in [0.2, 0.25) is 10.0 Å². The second kappa shape index (κ2) is 5.09. The fraction of sp³-hybridized carbons (Fsp3) is 0.538. The first kappa shape index (κ1) is 13.4. The molecule has 1 aromatic carbocycles. The third-order valence-electron chi connectivity index (χ3n) is 3.68. The largest absolute Gasteiger partial charge is 0.363 e. The SMILES string of the molecule is O=S(=O)(c1ccccc1)N1CCC2(CC1)OCCS2. The number of sulfonamides is 1. The molecule has 0 saturated carbocycles. The summed E-state index contributed by atoms with van der Waals surface area (Å²) in [5.41, 5.74) is 0. The van der Waals surface area contributed by atoms with E-state index in [1.165, 1.54) is 0 Å². The van der Waals surface area contributed by atoms with Crippen LogP contribution in [0.25, 0.3) is 0 Å². The fourth-order valence-electron chi connectivity index (χ4n) is 2.59. The van der Waals surface area contributed by atoms with Crippen LogP contribution in [0.1, 0.15) is 12.8 Å². The standard InChI is InChI=1S/C13H17NO3S2/c15-19(16,12-4-2-1-3-5-12)14-8-6-13(7-9-14)17-10-11-18-13/h1-5H,6-11H2. The molecule has 2 fully saturated rings. The van der Waals surface area contributed by atoms with Crippen molar-refractivity contribution in [2.75, 3.05) is 25.4 Å². The van der Waals surface area contributed by atoms with Gasteiger partial charge in [-0.05, 0) is 25.0 Å². The molecule has 1 spiro atoms. The first-order chi connectivity index (χ1) is 9.12. The monoisotopic (exact) mass is 299 g/mol. The molecule has 1 aromatic rings. The van der Waals surface area contributed by atoms with Crippen molar-refractivity contribution < 1.29 is 13.2 Å². The van der Waals surface area contributed by atoms with Crippen molar-refractivity contribution >= 4 is 21.8 Å². The van der Waals surface area contributed by atoms with Gasteiger partial charge in [0.15, 0.2) is 0 Å². The molecule has 2 saturated heterocycles. The summed E-state index contributed by atoms with van der Waals surface area (Å²) in [6, 6.07) is 8.65. The van der Waals surface area contributed by atoms with E-state index in [9.17, 15) is 8.42 Å². The van der Waals surface area contributed by atoms with Gasteiger partial charge in [0.1, 0.15) is 4.93 Å². The van der Waals surface area contributed by atoms with Crippen LogP contribution in [0.4, 0.5) is 0 Å². The highest BCUT2D eigenvalue weighted by Crippen LogP contribution is 2.42. The lowest BCUT2D eigenvalue weighted by atomic mass is 10.1. The molecule has 2 aliphatic heterocycles. The predicted octanol–water partition coefficient (Wildman–Crippen LogP) is 1.93. The van der Waals surface area contributed by atoms with Gasteiger partial charge in [0.05, 0.1) is 11.5 Å². The number of hydrogen-bond acceptors (Lipinski definition) is 4. The number of benzene rings is 1. The molecule has 3 rings (SSSR count). The molecule has 0 atom stereocenters. The summed E-state index contributed by atoms with van der Waals surface area (Å²) in [7, 11) is -3.34. The molecule has 6 heteroatoms. The first-order valence-corrected chi connectivity index (χ1v) is 8.88. The van der Waals surface area contributed by atoms with Crippen LogP contribution in [-0.2, 0) is 14.8 Å². The lowest BCUT2D eigenvalue weighted by Crippen LogP contribution is -2.44. The van der Waals surface area contributed by atoms with Crippen LogP contribution in [0.2, 0.25) is 0 Å². The molecule has 2 aliphatic rings. The maximum Gasteiger partial charge on any atom is 0.243 e. The van der Waals surface area contributed by atoms with Crippen LogP contribution in [0, 0.1) is 0 Å². The zero-order valence-corrected chi connectivity index (χ0v) is 12.3. The lowest BCUT2D eigenvalue weighted by molar-refractivity contribution is 0.0162. The minimum absolute atomic E-state index is 0.122. The number of rotatable bonds is 2. The second-order valence-corrected chi connectivity index (χ2v) is 8.20.